The normalized spacial score (nSPS) is 14.5. The van der Waals surface area contributed by atoms with E-state index < -0.39 is 63.2 Å². The zero-order valence-corrected chi connectivity index (χ0v) is 56.8. The van der Waals surface area contributed by atoms with E-state index in [-0.39, 0.29) is 125 Å². The molecule has 6 aromatic heterocycles. The van der Waals surface area contributed by atoms with Gasteiger partial charge in [0.1, 0.15) is 36.9 Å². The summed E-state index contributed by atoms with van der Waals surface area (Å²) in [5.41, 5.74) is 6.77. The van der Waals surface area contributed by atoms with Crippen molar-refractivity contribution in [3.8, 4) is 34.2 Å². The van der Waals surface area contributed by atoms with Crippen molar-refractivity contribution < 1.29 is 72.4 Å². The van der Waals surface area contributed by atoms with Gasteiger partial charge in [-0.3, -0.25) is 28.4 Å². The van der Waals surface area contributed by atoms with E-state index in [2.05, 4.69) is 29.9 Å². The molecule has 104 heavy (non-hydrogen) atoms. The van der Waals surface area contributed by atoms with E-state index in [9.17, 15) is 58.8 Å². The molecule has 0 fully saturated rings. The van der Waals surface area contributed by atoms with Crippen molar-refractivity contribution >= 4 is 75.7 Å². The largest absolute Gasteiger partial charge is 0.573 e. The van der Waals surface area contributed by atoms with Crippen LogP contribution in [-0.2, 0) is 71.6 Å². The third kappa shape index (κ3) is 12.7. The van der Waals surface area contributed by atoms with E-state index in [4.69, 9.17) is 28.9 Å². The minimum absolute atomic E-state index is 0.206. The van der Waals surface area contributed by atoms with Crippen LogP contribution in [0.2, 0.25) is 0 Å². The number of aryl methyl sites for hydroxylation is 3. The number of fused-ring (bicyclic) bond motifs is 6. The number of carbonyl (C=O) groups excluding carboxylic acids is 3. The number of anilines is 3. The summed E-state index contributed by atoms with van der Waals surface area (Å²) in [6, 6.07) is 25.5. The summed E-state index contributed by atoms with van der Waals surface area (Å²) >= 11 is 0. The minimum atomic E-state index is -4.55. The topological polar surface area (TPSA) is 240 Å². The number of amides is 3. The Hall–Kier alpha value is -11.0. The molecule has 0 saturated carbocycles. The highest BCUT2D eigenvalue weighted by molar-refractivity contribution is 7.55. The molecule has 0 bridgehead atoms. The number of benzene rings is 6. The molecule has 12 aromatic rings. The molecule has 1 N–H and O–H groups in total. The molecule has 22 nitrogen and oxygen atoms in total. The molecule has 15 rings (SSSR count). The Balaban J connectivity index is 0.673. The Morgan fingerprint density at radius 1 is 0.394 bits per heavy atom. The Morgan fingerprint density at radius 2 is 0.673 bits per heavy atom. The van der Waals surface area contributed by atoms with E-state index in [0.717, 1.165) is 36.4 Å². The monoisotopic (exact) mass is 1450 g/mol. The maximum atomic E-state index is 14.6. The van der Waals surface area contributed by atoms with Crippen LogP contribution in [0.3, 0.4) is 0 Å². The van der Waals surface area contributed by atoms with Gasteiger partial charge in [-0.15, -0.1) is 13.6 Å². The summed E-state index contributed by atoms with van der Waals surface area (Å²) in [5.74, 6) is -0.345. The van der Waals surface area contributed by atoms with Crippen molar-refractivity contribution in [2.75, 3.05) is 34.3 Å². The van der Waals surface area contributed by atoms with Crippen LogP contribution in [0, 0.1) is 41.5 Å². The van der Waals surface area contributed by atoms with Gasteiger partial charge in [-0.05, 0) is 167 Å². The van der Waals surface area contributed by atoms with Crippen LogP contribution in [0.4, 0.5) is 56.6 Å². The SMILES string of the molecule is Cc1cc(-c2ncc3cc(C(F)(F)F)ccc3n2)ccc1N1CCn2nc(CO[P+](O)(OCc3nn4c(c3C)C(=O)N(c3ccc(-c5ncc6cc(C(F)(F)F)ccc6n5)cc3C)CC4)OCc3nn4c(c3C)C(=O)N(c3ccc(-c5ncc6cc(C(F)(F)F)ccc6n5)cc3C)CC4)c(C)c2C1=O. The number of halogens is 9. The molecule has 0 aliphatic carbocycles. The summed E-state index contributed by atoms with van der Waals surface area (Å²) in [7, 11) is -4.55. The van der Waals surface area contributed by atoms with Gasteiger partial charge in [0.2, 0.25) is 0 Å². The number of rotatable bonds is 15. The molecule has 3 amide bonds. The highest BCUT2D eigenvalue weighted by atomic mass is 31.2. The second-order valence-corrected chi connectivity index (χ2v) is 27.2. The van der Waals surface area contributed by atoms with E-state index in [1.54, 1.807) is 104 Å². The lowest BCUT2D eigenvalue weighted by atomic mass is 10.1. The first-order valence-corrected chi connectivity index (χ1v) is 34.0. The van der Waals surface area contributed by atoms with E-state index in [1.807, 2.05) is 20.8 Å². The number of aromatic nitrogens is 12. The molecular weight excluding hydrogens is 1390 g/mol. The second-order valence-electron chi connectivity index (χ2n) is 25.5. The highest BCUT2D eigenvalue weighted by Gasteiger charge is 2.48. The van der Waals surface area contributed by atoms with Crippen molar-refractivity contribution in [2.24, 2.45) is 0 Å². The molecule has 0 spiro atoms. The van der Waals surface area contributed by atoms with Crippen molar-refractivity contribution in [1.82, 2.24) is 59.2 Å². The maximum absolute atomic E-state index is 14.6. The molecule has 0 unspecified atom stereocenters. The quantitative estimate of drug-likeness (QED) is 0.0741. The average Bonchev–Trinajstić information content (AvgIpc) is 1.66. The fourth-order valence-electron chi connectivity index (χ4n) is 13.4. The fourth-order valence-corrected chi connectivity index (χ4v) is 14.4. The molecule has 32 heteroatoms. The Kier molecular flexibility index (Phi) is 17.0. The van der Waals surface area contributed by atoms with Crippen molar-refractivity contribution in [2.45, 2.75) is 99.5 Å². The van der Waals surface area contributed by atoms with Crippen LogP contribution in [0.15, 0.2) is 128 Å². The molecule has 0 atom stereocenters. The van der Waals surface area contributed by atoms with Gasteiger partial charge in [-0.2, -0.15) is 59.7 Å². The van der Waals surface area contributed by atoms with Gasteiger partial charge in [0.15, 0.2) is 17.5 Å². The standard InChI is InChI=1S/C72H58F9N15O7P/c1-37-25-43(64-82-31-46-28-49(70(73,74)75)10-13-52(46)85-64)7-16-58(37)91-19-22-94-61(67(91)97)40(4)55(88-94)34-101-104(100,102-35-56-41(5)62-68(98)92(20-23-95(62)89-56)59-17-8-44(26-38(59)2)65-83-32-47-29-50(71(76,77)78)11-14-53(47)86-65)103-36-57-42(6)63-69(99)93(21-24-96(63)90-57)60-18-9-45(27-39(60)3)66-84-33-48-30-51(72(79,80)81)12-15-54(48)87-66/h7-18,25-33,100H,19-24,34-36H2,1-6H3/q+1. The minimum Gasteiger partial charge on any atom is -0.305 e. The first-order valence-electron chi connectivity index (χ1n) is 32.5. The van der Waals surface area contributed by atoms with Crippen LogP contribution in [0.1, 0.15) is 98.6 Å². The van der Waals surface area contributed by atoms with Crippen molar-refractivity contribution in [3.63, 3.8) is 0 Å². The Labute approximate surface area is 585 Å². The van der Waals surface area contributed by atoms with Crippen LogP contribution in [-0.4, -0.2) is 101 Å². The molecule has 3 aliphatic rings. The zero-order chi connectivity index (χ0) is 73.2. The van der Waals surface area contributed by atoms with E-state index in [1.165, 1.54) is 36.8 Å². The summed E-state index contributed by atoms with van der Waals surface area (Å²) in [5, 5.41) is 14.9. The molecular formula is C72H58F9N15O7P+. The molecule has 3 aliphatic heterocycles. The molecule has 0 saturated heterocycles. The maximum Gasteiger partial charge on any atom is 0.573 e. The van der Waals surface area contributed by atoms with Crippen LogP contribution in [0.5, 0.6) is 0 Å². The first-order chi connectivity index (χ1) is 49.4. The summed E-state index contributed by atoms with van der Waals surface area (Å²) in [6.07, 6.45) is -9.61. The predicted molar refractivity (Wildman–Crippen MR) is 364 cm³/mol. The highest BCUT2D eigenvalue weighted by Crippen LogP contribution is 2.60. The third-order valence-corrected chi connectivity index (χ3v) is 20.2. The average molecular weight is 1450 g/mol. The Bertz CT molecular complexity index is 5030. The zero-order valence-electron chi connectivity index (χ0n) is 55.9. The lowest BCUT2D eigenvalue weighted by molar-refractivity contribution is -0.138. The number of nitrogens with zero attached hydrogens (tertiary/aromatic N) is 15. The number of hydrogen-bond donors (Lipinski definition) is 1. The van der Waals surface area contributed by atoms with Gasteiger partial charge in [-0.25, -0.2) is 29.9 Å². The van der Waals surface area contributed by atoms with Crippen LogP contribution >= 0.6 is 8.17 Å². The fraction of sp³-hybridized carbons (Fsp3) is 0.250. The van der Waals surface area contributed by atoms with E-state index in [0.29, 0.717) is 83.7 Å². The van der Waals surface area contributed by atoms with Gasteiger partial charge >= 0.3 is 26.7 Å². The van der Waals surface area contributed by atoms with Gasteiger partial charge in [0, 0.05) is 105 Å². The lowest BCUT2D eigenvalue weighted by Gasteiger charge is -2.29. The van der Waals surface area contributed by atoms with Crippen molar-refractivity contribution in [1.29, 1.82) is 0 Å². The van der Waals surface area contributed by atoms with E-state index >= 15 is 0 Å². The van der Waals surface area contributed by atoms with Gasteiger partial charge in [-0.1, -0.05) is 0 Å². The smallest absolute Gasteiger partial charge is 0.305 e. The first kappa shape index (κ1) is 68.8. The van der Waals surface area contributed by atoms with Gasteiger partial charge < -0.3 is 14.7 Å². The second kappa shape index (κ2) is 25.8. The summed E-state index contributed by atoms with van der Waals surface area (Å²) in [6.45, 7) is 10.5. The molecule has 0 radical (unpaired) electrons. The Morgan fingerprint density at radius 3 is 0.933 bits per heavy atom. The molecule has 6 aromatic carbocycles. The third-order valence-electron chi connectivity index (χ3n) is 18.9. The number of carbonyl (C=O) groups is 3. The number of hydrogen-bond acceptors (Lipinski definition) is 16. The summed E-state index contributed by atoms with van der Waals surface area (Å²) < 4.78 is 145. The van der Waals surface area contributed by atoms with Crippen LogP contribution in [0.25, 0.3) is 66.9 Å². The summed E-state index contributed by atoms with van der Waals surface area (Å²) in [4.78, 5) is 87.9. The van der Waals surface area contributed by atoms with Gasteiger partial charge in [0.05, 0.1) is 70.0 Å². The molecule has 9 heterocycles. The molecule has 530 valence electrons. The predicted octanol–water partition coefficient (Wildman–Crippen LogP) is 14.6. The van der Waals surface area contributed by atoms with Crippen LogP contribution < -0.4 is 14.7 Å². The van der Waals surface area contributed by atoms with Crippen molar-refractivity contribution in [3.05, 3.63) is 212 Å². The number of alkyl halides is 9. The van der Waals surface area contributed by atoms with Gasteiger partial charge in [0.25, 0.3) is 17.7 Å². The lowest BCUT2D eigenvalue weighted by Crippen LogP contribution is -2.41.